The largest absolute Gasteiger partial charge is 0.460 e. The number of nitro groups is 1. The molecule has 98 valence electrons. The molecule has 0 aliphatic rings. The number of carbonyl (C=O) groups excluding carboxylic acids is 1. The smallest absolute Gasteiger partial charge is 0.323 e. The summed E-state index contributed by atoms with van der Waals surface area (Å²) < 4.78 is 5.02. The first-order valence-corrected chi connectivity index (χ1v) is 5.57. The SMILES string of the molecule is CC(C)[C@@H](N)C(=O)OCc1ccc([N+](=O)[O-])cc1. The molecular weight excluding hydrogens is 236 g/mol. The molecule has 0 bridgehead atoms. The quantitative estimate of drug-likeness (QED) is 0.488. The van der Waals surface area contributed by atoms with Crippen LogP contribution >= 0.6 is 0 Å². The molecule has 2 N–H and O–H groups in total. The van der Waals surface area contributed by atoms with Crippen molar-refractivity contribution < 1.29 is 14.5 Å². The number of benzene rings is 1. The van der Waals surface area contributed by atoms with E-state index in [4.69, 9.17) is 10.5 Å². The minimum atomic E-state index is -0.650. The Balaban J connectivity index is 2.54. The Morgan fingerprint density at radius 3 is 2.39 bits per heavy atom. The first-order chi connectivity index (χ1) is 8.41. The van der Waals surface area contributed by atoms with Crippen LogP contribution in [0.15, 0.2) is 24.3 Å². The summed E-state index contributed by atoms with van der Waals surface area (Å²) in [5.74, 6) is -0.460. The van der Waals surface area contributed by atoms with Crippen molar-refractivity contribution in [3.05, 3.63) is 39.9 Å². The van der Waals surface area contributed by atoms with E-state index in [-0.39, 0.29) is 18.2 Å². The fourth-order valence-electron chi connectivity index (χ4n) is 1.24. The van der Waals surface area contributed by atoms with Gasteiger partial charge in [0.2, 0.25) is 0 Å². The van der Waals surface area contributed by atoms with Gasteiger partial charge in [-0.15, -0.1) is 0 Å². The number of hydrogen-bond donors (Lipinski definition) is 1. The van der Waals surface area contributed by atoms with E-state index in [1.54, 1.807) is 12.1 Å². The van der Waals surface area contributed by atoms with Crippen LogP contribution in [0.2, 0.25) is 0 Å². The fraction of sp³-hybridized carbons (Fsp3) is 0.417. The number of nitrogens with zero attached hydrogens (tertiary/aromatic N) is 1. The number of nitro benzene ring substituents is 1. The van der Waals surface area contributed by atoms with Gasteiger partial charge in [-0.2, -0.15) is 0 Å². The lowest BCUT2D eigenvalue weighted by Crippen LogP contribution is -2.36. The van der Waals surface area contributed by atoms with Crippen molar-refractivity contribution in [1.82, 2.24) is 0 Å². The minimum absolute atomic E-state index is 0.00367. The van der Waals surface area contributed by atoms with Gasteiger partial charge in [-0.25, -0.2) is 0 Å². The van der Waals surface area contributed by atoms with Crippen molar-refractivity contribution in [1.29, 1.82) is 0 Å². The molecule has 1 aromatic carbocycles. The molecule has 1 rings (SSSR count). The van der Waals surface area contributed by atoms with Crippen molar-refractivity contribution in [2.45, 2.75) is 26.5 Å². The van der Waals surface area contributed by atoms with Gasteiger partial charge >= 0.3 is 5.97 Å². The highest BCUT2D eigenvalue weighted by atomic mass is 16.6. The standard InChI is InChI=1S/C12H16N2O4/c1-8(2)11(13)12(15)18-7-9-3-5-10(6-4-9)14(16)17/h3-6,8,11H,7,13H2,1-2H3/t11-/m1/s1. The maximum Gasteiger partial charge on any atom is 0.323 e. The Morgan fingerprint density at radius 2 is 1.94 bits per heavy atom. The Labute approximate surface area is 105 Å². The van der Waals surface area contributed by atoms with E-state index in [1.165, 1.54) is 12.1 Å². The summed E-state index contributed by atoms with van der Waals surface area (Å²) in [6, 6.07) is 5.18. The summed E-state index contributed by atoms with van der Waals surface area (Å²) in [4.78, 5) is 21.4. The molecule has 0 saturated heterocycles. The predicted octanol–water partition coefficient (Wildman–Crippen LogP) is 1.62. The van der Waals surface area contributed by atoms with Crippen LogP contribution in [0.4, 0.5) is 5.69 Å². The Morgan fingerprint density at radius 1 is 1.39 bits per heavy atom. The number of carbonyl (C=O) groups is 1. The van der Waals surface area contributed by atoms with Crippen molar-refractivity contribution in [3.8, 4) is 0 Å². The molecule has 6 heteroatoms. The summed E-state index contributed by atoms with van der Waals surface area (Å²) in [5.41, 5.74) is 6.31. The van der Waals surface area contributed by atoms with E-state index in [0.717, 1.165) is 0 Å². The van der Waals surface area contributed by atoms with Crippen LogP contribution in [0.3, 0.4) is 0 Å². The number of nitrogens with two attached hydrogens (primary N) is 1. The molecule has 0 fully saturated rings. The summed E-state index contributed by atoms with van der Waals surface area (Å²) in [7, 11) is 0. The molecule has 18 heavy (non-hydrogen) atoms. The van der Waals surface area contributed by atoms with Gasteiger partial charge in [-0.1, -0.05) is 13.8 Å². The van der Waals surface area contributed by atoms with Crippen LogP contribution in [-0.4, -0.2) is 16.9 Å². The van der Waals surface area contributed by atoms with Crippen molar-refractivity contribution in [2.24, 2.45) is 11.7 Å². The molecule has 0 saturated carbocycles. The molecule has 0 heterocycles. The van der Waals surface area contributed by atoms with E-state index < -0.39 is 16.9 Å². The Kier molecular flexibility index (Phi) is 4.79. The van der Waals surface area contributed by atoms with E-state index >= 15 is 0 Å². The molecule has 0 aliphatic heterocycles. The third-order valence-corrected chi connectivity index (χ3v) is 2.52. The third-order valence-electron chi connectivity index (χ3n) is 2.52. The van der Waals surface area contributed by atoms with Crippen molar-refractivity contribution in [2.75, 3.05) is 0 Å². The van der Waals surface area contributed by atoms with Gasteiger partial charge in [-0.3, -0.25) is 14.9 Å². The zero-order valence-corrected chi connectivity index (χ0v) is 10.3. The molecule has 1 atom stereocenters. The van der Waals surface area contributed by atoms with E-state index in [1.807, 2.05) is 13.8 Å². The zero-order valence-electron chi connectivity index (χ0n) is 10.3. The second kappa shape index (κ2) is 6.11. The van der Waals surface area contributed by atoms with Crippen LogP contribution in [0.25, 0.3) is 0 Å². The van der Waals surface area contributed by atoms with Gasteiger partial charge in [0.1, 0.15) is 12.6 Å². The lowest BCUT2D eigenvalue weighted by atomic mass is 10.1. The number of rotatable bonds is 5. The summed E-state index contributed by atoms with van der Waals surface area (Å²) in [6.07, 6.45) is 0. The summed E-state index contributed by atoms with van der Waals surface area (Å²) in [5, 5.41) is 10.4. The maximum atomic E-state index is 11.5. The van der Waals surface area contributed by atoms with Gasteiger partial charge in [0.15, 0.2) is 0 Å². The Bertz CT molecular complexity index is 428. The van der Waals surface area contributed by atoms with Gasteiger partial charge in [-0.05, 0) is 23.6 Å². The summed E-state index contributed by atoms with van der Waals surface area (Å²) >= 11 is 0. The molecule has 0 radical (unpaired) electrons. The fourth-order valence-corrected chi connectivity index (χ4v) is 1.24. The highest BCUT2D eigenvalue weighted by molar-refractivity contribution is 5.75. The molecule has 0 aromatic heterocycles. The first kappa shape index (κ1) is 14.1. The number of non-ortho nitro benzene ring substituents is 1. The molecule has 6 nitrogen and oxygen atoms in total. The number of hydrogen-bond acceptors (Lipinski definition) is 5. The zero-order chi connectivity index (χ0) is 13.7. The van der Waals surface area contributed by atoms with Gasteiger partial charge < -0.3 is 10.5 Å². The van der Waals surface area contributed by atoms with Crippen LogP contribution < -0.4 is 5.73 Å². The molecule has 1 aromatic rings. The number of esters is 1. The molecule has 0 unspecified atom stereocenters. The highest BCUT2D eigenvalue weighted by Gasteiger charge is 2.18. The Hall–Kier alpha value is -1.95. The van der Waals surface area contributed by atoms with Crippen molar-refractivity contribution in [3.63, 3.8) is 0 Å². The van der Waals surface area contributed by atoms with E-state index in [2.05, 4.69) is 0 Å². The minimum Gasteiger partial charge on any atom is -0.460 e. The third kappa shape index (κ3) is 3.81. The molecule has 0 amide bonds. The first-order valence-electron chi connectivity index (χ1n) is 5.57. The van der Waals surface area contributed by atoms with Crippen LogP contribution in [0.1, 0.15) is 19.4 Å². The second-order valence-corrected chi connectivity index (χ2v) is 4.30. The molecular formula is C12H16N2O4. The second-order valence-electron chi connectivity index (χ2n) is 4.30. The topological polar surface area (TPSA) is 95.5 Å². The lowest BCUT2D eigenvalue weighted by molar-refractivity contribution is -0.384. The van der Waals surface area contributed by atoms with E-state index in [9.17, 15) is 14.9 Å². The highest BCUT2D eigenvalue weighted by Crippen LogP contribution is 2.13. The predicted molar refractivity (Wildman–Crippen MR) is 65.7 cm³/mol. The van der Waals surface area contributed by atoms with Crippen molar-refractivity contribution >= 4 is 11.7 Å². The van der Waals surface area contributed by atoms with Crippen LogP contribution in [0, 0.1) is 16.0 Å². The van der Waals surface area contributed by atoms with Crippen LogP contribution in [0.5, 0.6) is 0 Å². The molecule has 0 spiro atoms. The molecule has 0 aliphatic carbocycles. The average Bonchev–Trinajstić information content (AvgIpc) is 2.35. The normalized spacial score (nSPS) is 12.2. The maximum absolute atomic E-state index is 11.5. The number of ether oxygens (including phenoxy) is 1. The van der Waals surface area contributed by atoms with Gasteiger partial charge in [0.25, 0.3) is 5.69 Å². The monoisotopic (exact) mass is 252 g/mol. The van der Waals surface area contributed by atoms with E-state index in [0.29, 0.717) is 5.56 Å². The van der Waals surface area contributed by atoms with Gasteiger partial charge in [0, 0.05) is 12.1 Å². The van der Waals surface area contributed by atoms with Gasteiger partial charge in [0.05, 0.1) is 4.92 Å². The van der Waals surface area contributed by atoms with Crippen LogP contribution in [-0.2, 0) is 16.1 Å². The summed E-state index contributed by atoms with van der Waals surface area (Å²) in [6.45, 7) is 3.73. The lowest BCUT2D eigenvalue weighted by Gasteiger charge is -2.14. The average molecular weight is 252 g/mol.